The number of aliphatic hydroxyl groups excluding tert-OH is 1. The smallest absolute Gasteiger partial charge is 0.387 e. The number of nitrogens with zero attached hydrogens (tertiary/aromatic N) is 2. The Bertz CT molecular complexity index is 409. The molecule has 19 heavy (non-hydrogen) atoms. The number of hydrogen-bond donors (Lipinski definition) is 1. The number of aromatic nitrogens is 1. The monoisotopic (exact) mass is 274 g/mol. The first-order valence-corrected chi connectivity index (χ1v) is 6.33. The van der Waals surface area contributed by atoms with Gasteiger partial charge in [0.05, 0.1) is 29.6 Å². The number of hydrogen-bond acceptors (Lipinski definition) is 3. The Labute approximate surface area is 110 Å². The van der Waals surface area contributed by atoms with E-state index in [0.717, 1.165) is 5.69 Å². The summed E-state index contributed by atoms with van der Waals surface area (Å²) in [6.07, 6.45) is -2.86. The molecule has 1 fully saturated rings. The summed E-state index contributed by atoms with van der Waals surface area (Å²) in [6.45, 7) is 2.40. The van der Waals surface area contributed by atoms with Crippen molar-refractivity contribution in [2.45, 2.75) is 32.0 Å². The zero-order chi connectivity index (χ0) is 14.0. The van der Waals surface area contributed by atoms with Gasteiger partial charge >= 0.3 is 6.18 Å². The van der Waals surface area contributed by atoms with Crippen LogP contribution < -0.4 is 4.90 Å². The molecule has 0 unspecified atom stereocenters. The van der Waals surface area contributed by atoms with E-state index in [9.17, 15) is 18.3 Å². The van der Waals surface area contributed by atoms with Gasteiger partial charge in [-0.3, -0.25) is 4.98 Å². The maximum Gasteiger partial charge on any atom is 0.391 e. The van der Waals surface area contributed by atoms with E-state index < -0.39 is 18.2 Å². The Hall–Kier alpha value is -1.30. The van der Waals surface area contributed by atoms with Gasteiger partial charge in [0.15, 0.2) is 0 Å². The molecule has 1 aliphatic rings. The first kappa shape index (κ1) is 14.1. The molecule has 3 nitrogen and oxygen atoms in total. The van der Waals surface area contributed by atoms with Crippen molar-refractivity contribution in [2.75, 3.05) is 18.0 Å². The molecule has 1 saturated heterocycles. The summed E-state index contributed by atoms with van der Waals surface area (Å²) in [5.41, 5.74) is 1.37. The molecule has 0 aliphatic carbocycles. The summed E-state index contributed by atoms with van der Waals surface area (Å²) in [7, 11) is 0. The molecule has 0 amide bonds. The van der Waals surface area contributed by atoms with Gasteiger partial charge in [-0.05, 0) is 31.9 Å². The van der Waals surface area contributed by atoms with Gasteiger partial charge in [0.2, 0.25) is 0 Å². The van der Waals surface area contributed by atoms with Crippen molar-refractivity contribution < 1.29 is 18.3 Å². The normalized spacial score (nSPS) is 19.5. The van der Waals surface area contributed by atoms with Crippen molar-refractivity contribution in [1.82, 2.24) is 4.98 Å². The lowest BCUT2D eigenvalue weighted by molar-refractivity contribution is -0.179. The Morgan fingerprint density at radius 2 is 1.95 bits per heavy atom. The van der Waals surface area contributed by atoms with Crippen molar-refractivity contribution in [3.8, 4) is 0 Å². The van der Waals surface area contributed by atoms with Crippen LogP contribution in [0.15, 0.2) is 18.3 Å². The Morgan fingerprint density at radius 3 is 2.37 bits per heavy atom. The average Bonchev–Trinajstić information content (AvgIpc) is 2.38. The van der Waals surface area contributed by atoms with Gasteiger partial charge in [-0.15, -0.1) is 0 Å². The molecule has 106 valence electrons. The van der Waals surface area contributed by atoms with Crippen LogP contribution in [-0.2, 0) is 0 Å². The van der Waals surface area contributed by atoms with Crippen molar-refractivity contribution in [1.29, 1.82) is 0 Å². The molecule has 1 aromatic rings. The van der Waals surface area contributed by atoms with Crippen LogP contribution >= 0.6 is 0 Å². The second-order valence-corrected chi connectivity index (χ2v) is 4.92. The summed E-state index contributed by atoms with van der Waals surface area (Å²) in [6, 6.07) is 3.50. The summed E-state index contributed by atoms with van der Waals surface area (Å²) in [5, 5.41) is 9.35. The predicted octanol–water partition coefficient (Wildman–Crippen LogP) is 2.91. The van der Waals surface area contributed by atoms with E-state index in [-0.39, 0.29) is 12.8 Å². The Morgan fingerprint density at radius 1 is 1.32 bits per heavy atom. The van der Waals surface area contributed by atoms with Crippen molar-refractivity contribution >= 4 is 5.69 Å². The molecule has 1 aliphatic heterocycles. The maximum absolute atomic E-state index is 12.6. The standard InChI is InChI=1S/C13H17F3N2O/c1-9(19)12-3-2-11(8-17-12)18-6-4-10(5-7-18)13(14,15)16/h2-3,8-10,19H,4-7H2,1H3/t9-/m0/s1. The van der Waals surface area contributed by atoms with Crippen LogP contribution in [-0.4, -0.2) is 29.4 Å². The van der Waals surface area contributed by atoms with E-state index in [1.54, 1.807) is 25.3 Å². The van der Waals surface area contributed by atoms with Crippen LogP contribution in [0.1, 0.15) is 31.6 Å². The zero-order valence-electron chi connectivity index (χ0n) is 10.7. The second kappa shape index (κ2) is 5.36. The number of aliphatic hydroxyl groups is 1. The predicted molar refractivity (Wildman–Crippen MR) is 65.9 cm³/mol. The fourth-order valence-corrected chi connectivity index (χ4v) is 2.30. The van der Waals surface area contributed by atoms with Crippen molar-refractivity contribution in [3.05, 3.63) is 24.0 Å². The van der Waals surface area contributed by atoms with Gasteiger partial charge in [-0.1, -0.05) is 0 Å². The minimum atomic E-state index is -4.08. The highest BCUT2D eigenvalue weighted by Crippen LogP contribution is 2.35. The minimum absolute atomic E-state index is 0.127. The van der Waals surface area contributed by atoms with Gasteiger partial charge in [0.1, 0.15) is 0 Å². The third-order valence-electron chi connectivity index (χ3n) is 3.52. The highest BCUT2D eigenvalue weighted by Gasteiger charge is 2.41. The van der Waals surface area contributed by atoms with E-state index in [4.69, 9.17) is 0 Å². The van der Waals surface area contributed by atoms with Crippen LogP contribution in [0.5, 0.6) is 0 Å². The molecule has 0 spiro atoms. The van der Waals surface area contributed by atoms with Crippen LogP contribution in [0.3, 0.4) is 0 Å². The number of alkyl halides is 3. The molecule has 2 rings (SSSR count). The number of anilines is 1. The van der Waals surface area contributed by atoms with Crippen LogP contribution in [0, 0.1) is 5.92 Å². The fraction of sp³-hybridized carbons (Fsp3) is 0.615. The topological polar surface area (TPSA) is 36.4 Å². The van der Waals surface area contributed by atoms with E-state index in [0.29, 0.717) is 18.8 Å². The molecule has 0 radical (unpaired) electrons. The van der Waals surface area contributed by atoms with Gasteiger partial charge < -0.3 is 10.0 Å². The van der Waals surface area contributed by atoms with E-state index in [2.05, 4.69) is 4.98 Å². The Balaban J connectivity index is 1.98. The third-order valence-corrected chi connectivity index (χ3v) is 3.52. The van der Waals surface area contributed by atoms with Crippen LogP contribution in [0.25, 0.3) is 0 Å². The molecule has 1 atom stereocenters. The van der Waals surface area contributed by atoms with Gasteiger partial charge in [-0.25, -0.2) is 0 Å². The first-order valence-electron chi connectivity index (χ1n) is 6.33. The Kier molecular flexibility index (Phi) is 3.99. The molecular formula is C13H17F3N2O. The van der Waals surface area contributed by atoms with Crippen LogP contribution in [0.4, 0.5) is 18.9 Å². The first-order chi connectivity index (χ1) is 8.88. The van der Waals surface area contributed by atoms with Gasteiger partial charge in [0.25, 0.3) is 0 Å². The van der Waals surface area contributed by atoms with Crippen molar-refractivity contribution in [3.63, 3.8) is 0 Å². The molecule has 1 aromatic heterocycles. The summed E-state index contributed by atoms with van der Waals surface area (Å²) >= 11 is 0. The van der Waals surface area contributed by atoms with Gasteiger partial charge in [-0.2, -0.15) is 13.2 Å². The molecular weight excluding hydrogens is 257 g/mol. The maximum atomic E-state index is 12.6. The van der Waals surface area contributed by atoms with E-state index >= 15 is 0 Å². The highest BCUT2D eigenvalue weighted by atomic mass is 19.4. The largest absolute Gasteiger partial charge is 0.391 e. The molecule has 2 heterocycles. The lowest BCUT2D eigenvalue weighted by atomic mass is 9.96. The van der Waals surface area contributed by atoms with E-state index in [1.807, 2.05) is 4.90 Å². The molecule has 6 heteroatoms. The summed E-state index contributed by atoms with van der Waals surface area (Å²) in [4.78, 5) is 6.01. The van der Waals surface area contributed by atoms with Gasteiger partial charge in [0, 0.05) is 13.1 Å². The molecule has 1 N–H and O–H groups in total. The van der Waals surface area contributed by atoms with E-state index in [1.165, 1.54) is 0 Å². The fourth-order valence-electron chi connectivity index (χ4n) is 2.30. The number of halogens is 3. The lowest BCUT2D eigenvalue weighted by Crippen LogP contribution is -2.39. The molecule has 0 saturated carbocycles. The highest BCUT2D eigenvalue weighted by molar-refractivity contribution is 5.45. The van der Waals surface area contributed by atoms with Crippen LogP contribution in [0.2, 0.25) is 0 Å². The SMILES string of the molecule is C[C@H](O)c1ccc(N2CCC(C(F)(F)F)CC2)cn1. The number of pyridine rings is 1. The minimum Gasteiger partial charge on any atom is -0.387 e. The van der Waals surface area contributed by atoms with Crippen molar-refractivity contribution in [2.24, 2.45) is 5.92 Å². The average molecular weight is 274 g/mol. The zero-order valence-corrected chi connectivity index (χ0v) is 10.7. The number of rotatable bonds is 2. The number of piperidine rings is 1. The third kappa shape index (κ3) is 3.37. The summed E-state index contributed by atoms with van der Waals surface area (Å²) in [5.74, 6) is -1.19. The molecule has 0 aromatic carbocycles. The summed E-state index contributed by atoms with van der Waals surface area (Å²) < 4.78 is 37.7. The second-order valence-electron chi connectivity index (χ2n) is 4.92. The molecule has 0 bridgehead atoms. The quantitative estimate of drug-likeness (QED) is 0.900. The lowest BCUT2D eigenvalue weighted by Gasteiger charge is -2.34.